The maximum Gasteiger partial charge on any atom is 0.255 e. The van der Waals surface area contributed by atoms with E-state index in [9.17, 15) is 4.79 Å². The SMILES string of the molecule is CC[C@H](C)Oc1ccc(C(=O)Nc2cc(-c3ccc(CO)o3)ccc2Cl)cc1. The molecule has 3 rings (SSSR count). The molecule has 2 N–H and O–H groups in total. The molecule has 1 aromatic heterocycles. The zero-order chi connectivity index (χ0) is 20.1. The van der Waals surface area contributed by atoms with E-state index >= 15 is 0 Å². The highest BCUT2D eigenvalue weighted by Crippen LogP contribution is 2.30. The Balaban J connectivity index is 1.75. The van der Waals surface area contributed by atoms with Gasteiger partial charge in [-0.05, 0) is 67.9 Å². The van der Waals surface area contributed by atoms with Gasteiger partial charge in [-0.25, -0.2) is 0 Å². The number of hydrogen-bond donors (Lipinski definition) is 2. The summed E-state index contributed by atoms with van der Waals surface area (Å²) in [5.41, 5.74) is 1.72. The molecule has 5 nitrogen and oxygen atoms in total. The lowest BCUT2D eigenvalue weighted by molar-refractivity contribution is 0.102. The van der Waals surface area contributed by atoms with Gasteiger partial charge in [-0.15, -0.1) is 0 Å². The zero-order valence-electron chi connectivity index (χ0n) is 15.7. The zero-order valence-corrected chi connectivity index (χ0v) is 16.5. The van der Waals surface area contributed by atoms with Crippen LogP contribution in [0.15, 0.2) is 59.0 Å². The van der Waals surface area contributed by atoms with Crippen molar-refractivity contribution in [2.75, 3.05) is 5.32 Å². The van der Waals surface area contributed by atoms with E-state index in [1.807, 2.05) is 6.92 Å². The van der Waals surface area contributed by atoms with Gasteiger partial charge in [0.25, 0.3) is 5.91 Å². The lowest BCUT2D eigenvalue weighted by atomic mass is 10.1. The van der Waals surface area contributed by atoms with E-state index < -0.39 is 0 Å². The molecule has 28 heavy (non-hydrogen) atoms. The molecule has 1 amide bonds. The number of rotatable bonds is 7. The molecule has 0 unspecified atom stereocenters. The standard InChI is InChI=1S/C22H22ClNO4/c1-3-14(2)27-17-7-4-15(5-8-17)22(26)24-20-12-16(6-10-19(20)23)21-11-9-18(13-25)28-21/h4-12,14,25H,3,13H2,1-2H3,(H,24,26)/t14-/m0/s1. The Bertz CT molecular complexity index is 949. The number of hydrogen-bond acceptors (Lipinski definition) is 4. The van der Waals surface area contributed by atoms with Crippen molar-refractivity contribution < 1.29 is 19.1 Å². The third kappa shape index (κ3) is 4.74. The number of ether oxygens (including phenoxy) is 1. The average Bonchev–Trinajstić information content (AvgIpc) is 3.19. The van der Waals surface area contributed by atoms with Crippen LogP contribution in [0.1, 0.15) is 36.4 Å². The van der Waals surface area contributed by atoms with Crippen LogP contribution >= 0.6 is 11.6 Å². The van der Waals surface area contributed by atoms with Gasteiger partial charge in [0.15, 0.2) is 0 Å². The first-order valence-corrected chi connectivity index (χ1v) is 9.45. The van der Waals surface area contributed by atoms with Crippen LogP contribution in [0.25, 0.3) is 11.3 Å². The highest BCUT2D eigenvalue weighted by Gasteiger charge is 2.12. The molecule has 0 bridgehead atoms. The number of halogens is 1. The molecule has 0 saturated carbocycles. The molecule has 6 heteroatoms. The second kappa shape index (κ2) is 8.95. The number of aliphatic hydroxyl groups excluding tert-OH is 1. The van der Waals surface area contributed by atoms with Crippen molar-refractivity contribution in [1.82, 2.24) is 0 Å². The molecule has 3 aromatic rings. The number of furan rings is 1. The Kier molecular flexibility index (Phi) is 6.39. The third-order valence-corrected chi connectivity index (χ3v) is 4.67. The molecular weight excluding hydrogens is 378 g/mol. The van der Waals surface area contributed by atoms with Gasteiger partial charge >= 0.3 is 0 Å². The predicted octanol–water partition coefficient (Wildman–Crippen LogP) is 5.52. The first-order chi connectivity index (χ1) is 13.5. The Hall–Kier alpha value is -2.76. The lowest BCUT2D eigenvalue weighted by Gasteiger charge is -2.13. The number of nitrogens with one attached hydrogen (secondary N) is 1. The molecule has 0 fully saturated rings. The summed E-state index contributed by atoms with van der Waals surface area (Å²) in [6.07, 6.45) is 1.03. The number of benzene rings is 2. The summed E-state index contributed by atoms with van der Waals surface area (Å²) in [5.74, 6) is 1.51. The third-order valence-electron chi connectivity index (χ3n) is 4.35. The summed E-state index contributed by atoms with van der Waals surface area (Å²) in [5, 5.41) is 12.4. The number of amides is 1. The molecule has 0 aliphatic carbocycles. The maximum atomic E-state index is 12.6. The molecular formula is C22H22ClNO4. The highest BCUT2D eigenvalue weighted by atomic mass is 35.5. The smallest absolute Gasteiger partial charge is 0.255 e. The summed E-state index contributed by atoms with van der Waals surface area (Å²) in [4.78, 5) is 12.6. The van der Waals surface area contributed by atoms with Gasteiger partial charge in [0, 0.05) is 11.1 Å². The van der Waals surface area contributed by atoms with E-state index in [4.69, 9.17) is 25.9 Å². The van der Waals surface area contributed by atoms with Crippen molar-refractivity contribution >= 4 is 23.2 Å². The normalized spacial score (nSPS) is 11.9. The number of carbonyl (C=O) groups is 1. The van der Waals surface area contributed by atoms with Crippen molar-refractivity contribution in [1.29, 1.82) is 0 Å². The van der Waals surface area contributed by atoms with E-state index in [2.05, 4.69) is 12.2 Å². The molecule has 1 atom stereocenters. The number of anilines is 1. The second-order valence-corrected chi connectivity index (χ2v) is 6.84. The largest absolute Gasteiger partial charge is 0.491 e. The topological polar surface area (TPSA) is 71.7 Å². The quantitative estimate of drug-likeness (QED) is 0.548. The van der Waals surface area contributed by atoms with Crippen LogP contribution in [0.2, 0.25) is 5.02 Å². The van der Waals surface area contributed by atoms with Crippen LogP contribution < -0.4 is 10.1 Å². The summed E-state index contributed by atoms with van der Waals surface area (Å²) < 4.78 is 11.3. The van der Waals surface area contributed by atoms with E-state index in [-0.39, 0.29) is 18.6 Å². The Labute approximate surface area is 168 Å². The Morgan fingerprint density at radius 2 is 1.93 bits per heavy atom. The lowest BCUT2D eigenvalue weighted by Crippen LogP contribution is -2.13. The molecule has 0 saturated heterocycles. The predicted molar refractivity (Wildman–Crippen MR) is 110 cm³/mol. The fourth-order valence-corrected chi connectivity index (χ4v) is 2.75. The van der Waals surface area contributed by atoms with Crippen molar-refractivity contribution in [2.45, 2.75) is 33.0 Å². The van der Waals surface area contributed by atoms with Gasteiger partial charge in [0.1, 0.15) is 23.9 Å². The Morgan fingerprint density at radius 3 is 2.57 bits per heavy atom. The first kappa shape index (κ1) is 20.0. The fourth-order valence-electron chi connectivity index (χ4n) is 2.59. The highest BCUT2D eigenvalue weighted by molar-refractivity contribution is 6.34. The number of aliphatic hydroxyl groups is 1. The summed E-state index contributed by atoms with van der Waals surface area (Å²) in [7, 11) is 0. The van der Waals surface area contributed by atoms with Crippen molar-refractivity contribution in [3.63, 3.8) is 0 Å². The van der Waals surface area contributed by atoms with Crippen LogP contribution in [0.4, 0.5) is 5.69 Å². The maximum absolute atomic E-state index is 12.6. The van der Waals surface area contributed by atoms with Crippen LogP contribution in [0.3, 0.4) is 0 Å². The van der Waals surface area contributed by atoms with Crippen molar-refractivity contribution in [3.8, 4) is 17.1 Å². The van der Waals surface area contributed by atoms with E-state index in [0.717, 1.165) is 17.7 Å². The van der Waals surface area contributed by atoms with Gasteiger partial charge in [-0.1, -0.05) is 18.5 Å². The van der Waals surface area contributed by atoms with E-state index in [0.29, 0.717) is 27.8 Å². The summed E-state index contributed by atoms with van der Waals surface area (Å²) in [6, 6.07) is 15.7. The molecule has 0 radical (unpaired) electrons. The molecule has 2 aromatic carbocycles. The monoisotopic (exact) mass is 399 g/mol. The minimum atomic E-state index is -0.273. The van der Waals surface area contributed by atoms with Gasteiger partial charge in [-0.2, -0.15) is 0 Å². The van der Waals surface area contributed by atoms with Crippen molar-refractivity contribution in [2.24, 2.45) is 0 Å². The van der Waals surface area contributed by atoms with E-state index in [1.165, 1.54) is 0 Å². The average molecular weight is 400 g/mol. The van der Waals surface area contributed by atoms with Crippen LogP contribution in [-0.2, 0) is 6.61 Å². The van der Waals surface area contributed by atoms with E-state index in [1.54, 1.807) is 54.6 Å². The van der Waals surface area contributed by atoms with Crippen LogP contribution in [0.5, 0.6) is 5.75 Å². The molecule has 0 aliphatic rings. The first-order valence-electron chi connectivity index (χ1n) is 9.07. The van der Waals surface area contributed by atoms with Gasteiger partial charge in [0.2, 0.25) is 0 Å². The fraction of sp³-hybridized carbons (Fsp3) is 0.227. The minimum absolute atomic E-state index is 0.120. The summed E-state index contributed by atoms with van der Waals surface area (Å²) in [6.45, 7) is 3.88. The van der Waals surface area contributed by atoms with Gasteiger partial charge < -0.3 is 19.6 Å². The van der Waals surface area contributed by atoms with Crippen LogP contribution in [0, 0.1) is 0 Å². The van der Waals surface area contributed by atoms with Gasteiger partial charge in [0.05, 0.1) is 16.8 Å². The van der Waals surface area contributed by atoms with Crippen molar-refractivity contribution in [3.05, 3.63) is 70.9 Å². The second-order valence-electron chi connectivity index (χ2n) is 6.43. The summed E-state index contributed by atoms with van der Waals surface area (Å²) >= 11 is 6.24. The molecule has 146 valence electrons. The molecule has 1 heterocycles. The van der Waals surface area contributed by atoms with Crippen LogP contribution in [-0.4, -0.2) is 17.1 Å². The Morgan fingerprint density at radius 1 is 1.18 bits per heavy atom. The molecule has 0 aliphatic heterocycles. The van der Waals surface area contributed by atoms with Gasteiger partial charge in [-0.3, -0.25) is 4.79 Å². The molecule has 0 spiro atoms. The minimum Gasteiger partial charge on any atom is -0.491 e. The number of carbonyl (C=O) groups excluding carboxylic acids is 1.